The van der Waals surface area contributed by atoms with Gasteiger partial charge in [-0.05, 0) is 42.2 Å². The van der Waals surface area contributed by atoms with Crippen LogP contribution in [-0.4, -0.2) is 24.1 Å². The first-order valence-corrected chi connectivity index (χ1v) is 7.97. The van der Waals surface area contributed by atoms with Gasteiger partial charge in [-0.3, -0.25) is 9.59 Å². The minimum absolute atomic E-state index is 0.00378. The lowest BCUT2D eigenvalue weighted by atomic mass is 9.62. The van der Waals surface area contributed by atoms with Crippen LogP contribution in [0.5, 0.6) is 5.75 Å². The van der Waals surface area contributed by atoms with E-state index in [-0.39, 0.29) is 17.7 Å². The molecule has 23 heavy (non-hydrogen) atoms. The molecule has 6 atom stereocenters. The zero-order valence-corrected chi connectivity index (χ0v) is 12.8. The van der Waals surface area contributed by atoms with Crippen LogP contribution in [0.25, 0.3) is 0 Å². The summed E-state index contributed by atoms with van der Waals surface area (Å²) in [4.78, 5) is 24.6. The molecule has 2 saturated carbocycles. The molecule has 0 aliphatic heterocycles. The predicted octanol–water partition coefficient (Wildman–Crippen LogP) is 2.40. The molecule has 120 valence electrons. The van der Waals surface area contributed by atoms with Gasteiger partial charge in [0.1, 0.15) is 5.75 Å². The van der Waals surface area contributed by atoms with Crippen LogP contribution in [0.2, 0.25) is 0 Å². The van der Waals surface area contributed by atoms with Gasteiger partial charge in [-0.2, -0.15) is 0 Å². The van der Waals surface area contributed by atoms with Crippen LogP contribution in [0.4, 0.5) is 5.69 Å². The number of fused-ring (bicyclic) bond motifs is 1. The quantitative estimate of drug-likeness (QED) is 0.837. The van der Waals surface area contributed by atoms with Gasteiger partial charge in [0.25, 0.3) is 0 Å². The van der Waals surface area contributed by atoms with Gasteiger partial charge in [0.2, 0.25) is 5.91 Å². The molecule has 4 aliphatic carbocycles. The summed E-state index contributed by atoms with van der Waals surface area (Å²) in [5, 5.41) is 12.5. The number of anilines is 1. The van der Waals surface area contributed by atoms with Crippen molar-refractivity contribution in [3.63, 3.8) is 0 Å². The van der Waals surface area contributed by atoms with Gasteiger partial charge < -0.3 is 15.2 Å². The number of para-hydroxylation sites is 2. The van der Waals surface area contributed by atoms with E-state index in [2.05, 4.69) is 11.4 Å². The highest BCUT2D eigenvalue weighted by atomic mass is 16.5. The first-order chi connectivity index (χ1) is 11.1. The standard InChI is InChI=1S/C18H19NO4/c1-23-14-5-3-2-4-13(14)19-17(20)15-9-6-7-10(12-8-11(9)12)16(15)18(21)22/h2-7,9-12,15-16H,8H2,1H3,(H,19,20)(H,21,22)/t9-,10-,11-,12-,15+,16-/m0/s1. The van der Waals surface area contributed by atoms with Crippen LogP contribution in [0.3, 0.4) is 0 Å². The number of hydrogen-bond acceptors (Lipinski definition) is 3. The monoisotopic (exact) mass is 313 g/mol. The van der Waals surface area contributed by atoms with E-state index in [9.17, 15) is 14.7 Å². The summed E-state index contributed by atoms with van der Waals surface area (Å²) in [5.74, 6) is -0.651. The fraction of sp³-hybridized carbons (Fsp3) is 0.444. The molecule has 0 unspecified atom stereocenters. The molecule has 0 radical (unpaired) electrons. The number of amides is 1. The molecular weight excluding hydrogens is 294 g/mol. The van der Waals surface area contributed by atoms with Crippen LogP contribution < -0.4 is 10.1 Å². The lowest BCUT2D eigenvalue weighted by molar-refractivity contribution is -0.152. The van der Waals surface area contributed by atoms with Crippen LogP contribution in [0, 0.1) is 35.5 Å². The van der Waals surface area contributed by atoms with Gasteiger partial charge in [-0.25, -0.2) is 0 Å². The molecule has 1 amide bonds. The third kappa shape index (κ3) is 2.14. The van der Waals surface area contributed by atoms with E-state index in [1.165, 1.54) is 0 Å². The van der Waals surface area contributed by atoms with Crippen molar-refractivity contribution in [2.24, 2.45) is 35.5 Å². The van der Waals surface area contributed by atoms with Crippen LogP contribution in [0.1, 0.15) is 6.42 Å². The molecule has 5 nitrogen and oxygen atoms in total. The molecule has 5 heteroatoms. The maximum atomic E-state index is 12.8. The zero-order chi connectivity index (χ0) is 16.1. The lowest BCUT2D eigenvalue weighted by Gasteiger charge is -2.41. The molecule has 0 spiro atoms. The molecule has 2 bridgehead atoms. The SMILES string of the molecule is COc1ccccc1NC(=O)[C@@H]1[C@H]2C=C[C@@H]([C@@H]3C[C@@H]23)[C@@H]1C(=O)O. The molecule has 0 aromatic heterocycles. The summed E-state index contributed by atoms with van der Waals surface area (Å²) in [5.41, 5.74) is 0.585. The van der Waals surface area contributed by atoms with Crippen molar-refractivity contribution < 1.29 is 19.4 Å². The largest absolute Gasteiger partial charge is 0.495 e. The lowest BCUT2D eigenvalue weighted by Crippen LogP contribution is -2.48. The van der Waals surface area contributed by atoms with E-state index >= 15 is 0 Å². The third-order valence-corrected chi connectivity index (χ3v) is 5.60. The van der Waals surface area contributed by atoms with Crippen LogP contribution in [-0.2, 0) is 9.59 Å². The minimum atomic E-state index is -0.866. The summed E-state index contributed by atoms with van der Waals surface area (Å²) in [6.07, 6.45) is 5.12. The summed E-state index contributed by atoms with van der Waals surface area (Å²) in [6, 6.07) is 7.18. The highest BCUT2D eigenvalue weighted by Gasteiger charge is 2.62. The Hall–Kier alpha value is -2.30. The number of ether oxygens (including phenoxy) is 1. The second kappa shape index (κ2) is 5.11. The molecule has 2 fully saturated rings. The van der Waals surface area contributed by atoms with Crippen LogP contribution in [0.15, 0.2) is 36.4 Å². The smallest absolute Gasteiger partial charge is 0.307 e. The number of methoxy groups -OCH3 is 1. The number of carboxylic acids is 1. The second-order valence-electron chi connectivity index (χ2n) is 6.68. The Kier molecular flexibility index (Phi) is 3.18. The Labute approximate surface area is 134 Å². The number of nitrogens with one attached hydrogen (secondary N) is 1. The van der Waals surface area contributed by atoms with Gasteiger partial charge in [0.15, 0.2) is 0 Å². The molecule has 1 aromatic rings. The van der Waals surface area contributed by atoms with E-state index in [4.69, 9.17) is 4.74 Å². The summed E-state index contributed by atoms with van der Waals surface area (Å²) < 4.78 is 5.25. The second-order valence-corrected chi connectivity index (χ2v) is 6.68. The van der Waals surface area contributed by atoms with E-state index in [0.717, 1.165) is 6.42 Å². The topological polar surface area (TPSA) is 75.6 Å². The van der Waals surface area contributed by atoms with E-state index < -0.39 is 17.8 Å². The average Bonchev–Trinajstić information content (AvgIpc) is 3.36. The number of carbonyl (C=O) groups excluding carboxylic acids is 1. The van der Waals surface area contributed by atoms with Crippen molar-refractivity contribution in [1.29, 1.82) is 0 Å². The predicted molar refractivity (Wildman–Crippen MR) is 84.0 cm³/mol. The fourth-order valence-electron chi connectivity index (χ4n) is 4.53. The fourth-order valence-corrected chi connectivity index (χ4v) is 4.53. The maximum Gasteiger partial charge on any atom is 0.307 e. The molecular formula is C18H19NO4. The molecule has 5 rings (SSSR count). The molecule has 4 aliphatic rings. The van der Waals surface area contributed by atoms with Gasteiger partial charge in [0, 0.05) is 0 Å². The number of rotatable bonds is 4. The molecule has 2 N–H and O–H groups in total. The summed E-state index contributed by atoms with van der Waals surface area (Å²) in [6.45, 7) is 0. The Bertz CT molecular complexity index is 698. The highest BCUT2D eigenvalue weighted by Crippen LogP contribution is 2.63. The van der Waals surface area contributed by atoms with Crippen molar-refractivity contribution in [2.75, 3.05) is 12.4 Å². The number of aliphatic carboxylic acids is 1. The van der Waals surface area contributed by atoms with Crippen molar-refractivity contribution in [3.05, 3.63) is 36.4 Å². The van der Waals surface area contributed by atoms with Gasteiger partial charge in [-0.1, -0.05) is 24.3 Å². The van der Waals surface area contributed by atoms with Crippen molar-refractivity contribution in [1.82, 2.24) is 0 Å². The number of benzene rings is 1. The first kappa shape index (κ1) is 14.3. The van der Waals surface area contributed by atoms with E-state index in [1.807, 2.05) is 18.2 Å². The van der Waals surface area contributed by atoms with Gasteiger partial charge in [-0.15, -0.1) is 0 Å². The normalized spacial score (nSPS) is 36.2. The zero-order valence-electron chi connectivity index (χ0n) is 12.8. The minimum Gasteiger partial charge on any atom is -0.495 e. The van der Waals surface area contributed by atoms with Crippen molar-refractivity contribution in [3.8, 4) is 5.75 Å². The molecule has 0 heterocycles. The average molecular weight is 313 g/mol. The number of hydrogen-bond donors (Lipinski definition) is 2. The van der Waals surface area contributed by atoms with Gasteiger partial charge >= 0.3 is 5.97 Å². The Morgan fingerprint density at radius 1 is 1.13 bits per heavy atom. The number of allylic oxidation sites excluding steroid dienone is 2. The Balaban J connectivity index is 1.62. The van der Waals surface area contributed by atoms with E-state index in [1.54, 1.807) is 19.2 Å². The van der Waals surface area contributed by atoms with Crippen molar-refractivity contribution >= 4 is 17.6 Å². The molecule has 1 aromatic carbocycles. The number of carboxylic acid groups (broad SMARTS) is 1. The third-order valence-electron chi connectivity index (χ3n) is 5.60. The molecule has 0 saturated heterocycles. The number of carbonyl (C=O) groups is 2. The summed E-state index contributed by atoms with van der Waals surface area (Å²) >= 11 is 0. The Morgan fingerprint density at radius 3 is 2.43 bits per heavy atom. The van der Waals surface area contributed by atoms with Gasteiger partial charge in [0.05, 0.1) is 24.6 Å². The summed E-state index contributed by atoms with van der Waals surface area (Å²) in [7, 11) is 1.55. The first-order valence-electron chi connectivity index (χ1n) is 7.97. The van der Waals surface area contributed by atoms with Crippen LogP contribution >= 0.6 is 0 Å². The van der Waals surface area contributed by atoms with E-state index in [0.29, 0.717) is 23.3 Å². The highest BCUT2D eigenvalue weighted by molar-refractivity contribution is 5.97. The Morgan fingerprint density at radius 2 is 1.78 bits per heavy atom. The van der Waals surface area contributed by atoms with Crippen molar-refractivity contribution in [2.45, 2.75) is 6.42 Å². The maximum absolute atomic E-state index is 12.8.